The third-order valence-corrected chi connectivity index (χ3v) is 4.13. The van der Waals surface area contributed by atoms with Crippen LogP contribution in [-0.4, -0.2) is 16.6 Å². The maximum Gasteiger partial charge on any atom is 0.0853 e. The highest BCUT2D eigenvalue weighted by Crippen LogP contribution is 2.35. The van der Waals surface area contributed by atoms with Crippen LogP contribution in [0.4, 0.5) is 5.69 Å². The number of aromatic nitrogens is 1. The summed E-state index contributed by atoms with van der Waals surface area (Å²) in [4.78, 5) is 4.27. The molecule has 0 spiro atoms. The van der Waals surface area contributed by atoms with Crippen molar-refractivity contribution in [3.05, 3.63) is 46.7 Å². The fraction of sp³-hybridized carbons (Fsp3) is 0.421. The third-order valence-electron chi connectivity index (χ3n) is 3.82. The van der Waals surface area contributed by atoms with Gasteiger partial charge in [0.1, 0.15) is 0 Å². The van der Waals surface area contributed by atoms with Crippen LogP contribution in [0.15, 0.2) is 30.5 Å². The summed E-state index contributed by atoms with van der Waals surface area (Å²) >= 11 is 6.40. The van der Waals surface area contributed by atoms with Gasteiger partial charge < -0.3 is 10.4 Å². The number of pyridine rings is 1. The van der Waals surface area contributed by atoms with Gasteiger partial charge >= 0.3 is 0 Å². The number of aryl methyl sites for hydroxylation is 1. The highest BCUT2D eigenvalue weighted by molar-refractivity contribution is 6.33. The molecule has 124 valence electrons. The average Bonchev–Trinajstić information content (AvgIpc) is 3.39. The van der Waals surface area contributed by atoms with Gasteiger partial charge in [0, 0.05) is 22.7 Å². The molecule has 0 atom stereocenters. The van der Waals surface area contributed by atoms with E-state index in [1.165, 1.54) is 12.8 Å². The molecule has 1 aromatic heterocycles. The van der Waals surface area contributed by atoms with E-state index in [2.05, 4.69) is 10.3 Å². The van der Waals surface area contributed by atoms with Gasteiger partial charge in [0.05, 0.1) is 24.2 Å². The number of anilines is 1. The van der Waals surface area contributed by atoms with Crippen molar-refractivity contribution in [3.63, 3.8) is 0 Å². The Morgan fingerprint density at radius 3 is 2.57 bits per heavy atom. The molecule has 1 aliphatic rings. The summed E-state index contributed by atoms with van der Waals surface area (Å²) in [5.74, 6) is 0.781. The topological polar surface area (TPSA) is 45.2 Å². The second-order valence-corrected chi connectivity index (χ2v) is 6.09. The number of benzene rings is 1. The fourth-order valence-corrected chi connectivity index (χ4v) is 2.70. The molecule has 0 radical (unpaired) electrons. The number of aliphatic hydroxyl groups is 1. The molecule has 0 unspecified atom stereocenters. The minimum Gasteiger partial charge on any atom is -0.390 e. The Labute approximate surface area is 143 Å². The van der Waals surface area contributed by atoms with Crippen LogP contribution in [0, 0.1) is 12.8 Å². The van der Waals surface area contributed by atoms with Crippen LogP contribution >= 0.6 is 11.6 Å². The predicted octanol–water partition coefficient (Wildman–Crippen LogP) is 5.05. The molecule has 23 heavy (non-hydrogen) atoms. The SMILES string of the molecule is CC.Cc1ccc(-c2cc(CO)ncc2NCC2CC2)c(Cl)c1. The van der Waals surface area contributed by atoms with E-state index >= 15 is 0 Å². The molecule has 1 saturated carbocycles. The molecule has 1 fully saturated rings. The Bertz CT molecular complexity index is 654. The van der Waals surface area contributed by atoms with Gasteiger partial charge in [-0.3, -0.25) is 4.98 Å². The van der Waals surface area contributed by atoms with Gasteiger partial charge in [0.2, 0.25) is 0 Å². The summed E-state index contributed by atoms with van der Waals surface area (Å²) in [6, 6.07) is 7.94. The summed E-state index contributed by atoms with van der Waals surface area (Å²) < 4.78 is 0. The standard InChI is InChI=1S/C17H19ClN2O.C2H6/c1-11-2-5-14(16(18)6-11)15-7-13(10-21)19-9-17(15)20-8-12-3-4-12;1-2/h2,5-7,9,12,20-21H,3-4,8,10H2,1H3;1-2H3. The van der Waals surface area contributed by atoms with E-state index in [4.69, 9.17) is 11.6 Å². The first-order valence-corrected chi connectivity index (χ1v) is 8.65. The fourth-order valence-electron chi connectivity index (χ4n) is 2.36. The molecule has 0 bridgehead atoms. The first-order valence-electron chi connectivity index (χ1n) is 8.27. The van der Waals surface area contributed by atoms with Gasteiger partial charge in [-0.1, -0.05) is 37.6 Å². The van der Waals surface area contributed by atoms with Gasteiger partial charge in [-0.2, -0.15) is 0 Å². The van der Waals surface area contributed by atoms with Crippen LogP contribution in [0.2, 0.25) is 5.02 Å². The smallest absolute Gasteiger partial charge is 0.0853 e. The Kier molecular flexibility index (Phi) is 6.43. The van der Waals surface area contributed by atoms with E-state index in [1.807, 2.05) is 45.0 Å². The zero-order valence-electron chi connectivity index (χ0n) is 14.1. The van der Waals surface area contributed by atoms with Crippen LogP contribution in [0.5, 0.6) is 0 Å². The van der Waals surface area contributed by atoms with Crippen LogP contribution in [-0.2, 0) is 6.61 Å². The van der Waals surface area contributed by atoms with Crippen molar-refractivity contribution in [1.82, 2.24) is 4.98 Å². The Morgan fingerprint density at radius 1 is 1.22 bits per heavy atom. The molecule has 3 rings (SSSR count). The molecule has 1 aromatic carbocycles. The molecule has 3 nitrogen and oxygen atoms in total. The van der Waals surface area contributed by atoms with E-state index in [0.29, 0.717) is 5.69 Å². The summed E-state index contributed by atoms with van der Waals surface area (Å²) in [6.45, 7) is 6.92. The normalized spacial score (nSPS) is 13.3. The lowest BCUT2D eigenvalue weighted by molar-refractivity contribution is 0.277. The number of aliphatic hydroxyl groups excluding tert-OH is 1. The molecular weight excluding hydrogens is 308 g/mol. The number of nitrogens with zero attached hydrogens (tertiary/aromatic N) is 1. The summed E-state index contributed by atoms with van der Waals surface area (Å²) in [6.07, 6.45) is 4.39. The maximum absolute atomic E-state index is 9.33. The maximum atomic E-state index is 9.33. The van der Waals surface area contributed by atoms with Gasteiger partial charge in [-0.25, -0.2) is 0 Å². The minimum atomic E-state index is -0.0701. The van der Waals surface area contributed by atoms with Crippen molar-refractivity contribution >= 4 is 17.3 Å². The second-order valence-electron chi connectivity index (χ2n) is 5.69. The van der Waals surface area contributed by atoms with Crippen molar-refractivity contribution < 1.29 is 5.11 Å². The van der Waals surface area contributed by atoms with E-state index in [1.54, 1.807) is 6.20 Å². The minimum absolute atomic E-state index is 0.0701. The highest BCUT2D eigenvalue weighted by atomic mass is 35.5. The molecule has 1 heterocycles. The summed E-state index contributed by atoms with van der Waals surface area (Å²) in [5.41, 5.74) is 4.73. The lowest BCUT2D eigenvalue weighted by Crippen LogP contribution is -2.06. The number of halogens is 1. The molecule has 2 N–H and O–H groups in total. The van der Waals surface area contributed by atoms with E-state index in [0.717, 1.165) is 39.9 Å². The first kappa shape index (κ1) is 17.8. The lowest BCUT2D eigenvalue weighted by Gasteiger charge is -2.14. The second kappa shape index (κ2) is 8.32. The van der Waals surface area contributed by atoms with Gasteiger partial charge in [-0.05, 0) is 43.4 Å². The largest absolute Gasteiger partial charge is 0.390 e. The van der Waals surface area contributed by atoms with Crippen molar-refractivity contribution in [3.8, 4) is 11.1 Å². The number of hydrogen-bond donors (Lipinski definition) is 2. The van der Waals surface area contributed by atoms with Gasteiger partial charge in [0.15, 0.2) is 0 Å². The number of nitrogens with one attached hydrogen (secondary N) is 1. The van der Waals surface area contributed by atoms with Crippen molar-refractivity contribution in [2.75, 3.05) is 11.9 Å². The molecule has 2 aromatic rings. The van der Waals surface area contributed by atoms with Gasteiger partial charge in [-0.15, -0.1) is 0 Å². The first-order chi connectivity index (χ1) is 11.2. The molecule has 0 saturated heterocycles. The molecular formula is C19H25ClN2O. The zero-order valence-corrected chi connectivity index (χ0v) is 14.8. The van der Waals surface area contributed by atoms with E-state index in [-0.39, 0.29) is 6.61 Å². The monoisotopic (exact) mass is 332 g/mol. The van der Waals surface area contributed by atoms with E-state index in [9.17, 15) is 5.11 Å². The molecule has 4 heteroatoms. The predicted molar refractivity (Wildman–Crippen MR) is 97.9 cm³/mol. The highest BCUT2D eigenvalue weighted by Gasteiger charge is 2.21. The molecule has 1 aliphatic carbocycles. The lowest BCUT2D eigenvalue weighted by atomic mass is 10.0. The number of rotatable bonds is 5. The van der Waals surface area contributed by atoms with Crippen molar-refractivity contribution in [2.24, 2.45) is 5.92 Å². The number of hydrogen-bond acceptors (Lipinski definition) is 3. The van der Waals surface area contributed by atoms with Crippen LogP contribution in [0.25, 0.3) is 11.1 Å². The molecule has 0 amide bonds. The Hall–Kier alpha value is -1.58. The Morgan fingerprint density at radius 2 is 1.96 bits per heavy atom. The van der Waals surface area contributed by atoms with Crippen LogP contribution < -0.4 is 5.32 Å². The van der Waals surface area contributed by atoms with Crippen molar-refractivity contribution in [1.29, 1.82) is 0 Å². The quantitative estimate of drug-likeness (QED) is 0.805. The van der Waals surface area contributed by atoms with Gasteiger partial charge in [0.25, 0.3) is 0 Å². The van der Waals surface area contributed by atoms with Crippen LogP contribution in [0.3, 0.4) is 0 Å². The Balaban J connectivity index is 0.000000924. The van der Waals surface area contributed by atoms with Crippen LogP contribution in [0.1, 0.15) is 37.9 Å². The zero-order chi connectivity index (χ0) is 16.8. The van der Waals surface area contributed by atoms with E-state index < -0.39 is 0 Å². The third kappa shape index (κ3) is 4.69. The molecule has 0 aliphatic heterocycles. The summed E-state index contributed by atoms with van der Waals surface area (Å²) in [5, 5.41) is 13.5. The summed E-state index contributed by atoms with van der Waals surface area (Å²) in [7, 11) is 0. The average molecular weight is 333 g/mol. The van der Waals surface area contributed by atoms with Crippen molar-refractivity contribution in [2.45, 2.75) is 40.2 Å².